The summed E-state index contributed by atoms with van der Waals surface area (Å²) in [5.74, 6) is 3.44. The van der Waals surface area contributed by atoms with Crippen LogP contribution in [0, 0.1) is 11.8 Å². The molecule has 0 spiro atoms. The van der Waals surface area contributed by atoms with Crippen LogP contribution in [0.15, 0.2) is 12.1 Å². The van der Waals surface area contributed by atoms with Crippen molar-refractivity contribution in [3.05, 3.63) is 17.4 Å². The van der Waals surface area contributed by atoms with E-state index in [4.69, 9.17) is 21.1 Å². The van der Waals surface area contributed by atoms with Crippen LogP contribution < -0.4 is 14.4 Å². The van der Waals surface area contributed by atoms with E-state index in [0.29, 0.717) is 23.3 Å². The van der Waals surface area contributed by atoms with Gasteiger partial charge in [-0.1, -0.05) is 13.8 Å². The van der Waals surface area contributed by atoms with Gasteiger partial charge in [0.2, 0.25) is 5.28 Å². The van der Waals surface area contributed by atoms with Gasteiger partial charge in [-0.3, -0.25) is 0 Å². The molecule has 0 bridgehead atoms. The fraction of sp³-hybridized carbons (Fsp3) is 0.529. The van der Waals surface area contributed by atoms with Gasteiger partial charge >= 0.3 is 0 Å². The number of ether oxygens (including phenoxy) is 2. The molecular weight excluding hydrogens is 314 g/mol. The number of nitrogens with zero attached hydrogens (tertiary/aromatic N) is 3. The number of benzene rings is 1. The molecule has 1 aromatic heterocycles. The summed E-state index contributed by atoms with van der Waals surface area (Å²) in [6.45, 7) is 6.50. The Morgan fingerprint density at radius 3 is 2.26 bits per heavy atom. The third-order valence-corrected chi connectivity index (χ3v) is 4.49. The summed E-state index contributed by atoms with van der Waals surface area (Å²) in [4.78, 5) is 11.2. The van der Waals surface area contributed by atoms with E-state index in [-0.39, 0.29) is 5.28 Å². The molecule has 23 heavy (non-hydrogen) atoms. The molecule has 2 unspecified atom stereocenters. The zero-order valence-corrected chi connectivity index (χ0v) is 14.7. The van der Waals surface area contributed by atoms with Gasteiger partial charge in [-0.25, -0.2) is 4.98 Å². The van der Waals surface area contributed by atoms with Gasteiger partial charge in [-0.2, -0.15) is 4.98 Å². The van der Waals surface area contributed by atoms with Crippen molar-refractivity contribution in [1.82, 2.24) is 9.97 Å². The summed E-state index contributed by atoms with van der Waals surface area (Å²) in [7, 11) is 3.24. The molecule has 0 saturated carbocycles. The number of hydrogen-bond acceptors (Lipinski definition) is 5. The van der Waals surface area contributed by atoms with Gasteiger partial charge in [0.15, 0.2) is 11.5 Å². The van der Waals surface area contributed by atoms with Crippen molar-refractivity contribution in [2.24, 2.45) is 11.8 Å². The Hall–Kier alpha value is -1.75. The van der Waals surface area contributed by atoms with Crippen LogP contribution in [0.25, 0.3) is 10.9 Å². The number of aromatic nitrogens is 2. The first-order chi connectivity index (χ1) is 11.0. The summed E-state index contributed by atoms with van der Waals surface area (Å²) >= 11 is 6.16. The van der Waals surface area contributed by atoms with E-state index in [1.807, 2.05) is 12.1 Å². The molecule has 1 aromatic carbocycles. The maximum atomic E-state index is 6.16. The lowest BCUT2D eigenvalue weighted by atomic mass is 9.92. The van der Waals surface area contributed by atoms with Crippen molar-refractivity contribution >= 4 is 28.3 Å². The standard InChI is InChI=1S/C17H22ClN3O2/c1-10-5-11(2)9-21(8-10)16-12-6-14(22-3)15(23-4)7-13(12)19-17(18)20-16/h6-7,10-11H,5,8-9H2,1-4H3. The number of anilines is 1. The monoisotopic (exact) mass is 335 g/mol. The SMILES string of the molecule is COc1cc2nc(Cl)nc(N3CC(C)CC(C)C3)c2cc1OC. The Balaban J connectivity index is 2.15. The molecule has 2 aromatic rings. The van der Waals surface area contributed by atoms with Crippen LogP contribution in [0.4, 0.5) is 5.82 Å². The van der Waals surface area contributed by atoms with Gasteiger partial charge in [0.05, 0.1) is 19.7 Å². The molecule has 3 rings (SSSR count). The second-order valence-electron chi connectivity index (χ2n) is 6.39. The molecule has 0 amide bonds. The number of piperidine rings is 1. The molecule has 0 radical (unpaired) electrons. The van der Waals surface area contributed by atoms with Crippen LogP contribution in [0.2, 0.25) is 5.28 Å². The second-order valence-corrected chi connectivity index (χ2v) is 6.73. The van der Waals surface area contributed by atoms with Gasteiger partial charge < -0.3 is 14.4 Å². The zero-order valence-electron chi connectivity index (χ0n) is 14.0. The molecule has 1 aliphatic heterocycles. The predicted molar refractivity (Wildman–Crippen MR) is 92.8 cm³/mol. The first-order valence-corrected chi connectivity index (χ1v) is 8.23. The van der Waals surface area contributed by atoms with E-state index in [0.717, 1.165) is 29.8 Å². The topological polar surface area (TPSA) is 47.5 Å². The highest BCUT2D eigenvalue weighted by molar-refractivity contribution is 6.28. The van der Waals surface area contributed by atoms with Gasteiger partial charge in [0.25, 0.3) is 0 Å². The molecule has 0 N–H and O–H groups in total. The minimum Gasteiger partial charge on any atom is -0.493 e. The highest BCUT2D eigenvalue weighted by Crippen LogP contribution is 2.37. The number of fused-ring (bicyclic) bond motifs is 1. The average molecular weight is 336 g/mol. The van der Waals surface area contributed by atoms with E-state index in [9.17, 15) is 0 Å². The van der Waals surface area contributed by atoms with E-state index in [1.165, 1.54) is 6.42 Å². The number of halogens is 1. The van der Waals surface area contributed by atoms with Crippen LogP contribution in [-0.4, -0.2) is 37.3 Å². The first-order valence-electron chi connectivity index (χ1n) is 7.86. The molecular formula is C17H22ClN3O2. The van der Waals surface area contributed by atoms with E-state index >= 15 is 0 Å². The molecule has 1 saturated heterocycles. The lowest BCUT2D eigenvalue weighted by Crippen LogP contribution is -2.39. The summed E-state index contributed by atoms with van der Waals surface area (Å²) in [5.41, 5.74) is 0.767. The lowest BCUT2D eigenvalue weighted by Gasteiger charge is -2.36. The third-order valence-electron chi connectivity index (χ3n) is 4.32. The Kier molecular flexibility index (Phi) is 4.48. The van der Waals surface area contributed by atoms with E-state index in [2.05, 4.69) is 28.7 Å². The van der Waals surface area contributed by atoms with Gasteiger partial charge in [-0.05, 0) is 35.9 Å². The van der Waals surface area contributed by atoms with Crippen LogP contribution in [0.1, 0.15) is 20.3 Å². The zero-order chi connectivity index (χ0) is 16.6. The quantitative estimate of drug-likeness (QED) is 0.799. The largest absolute Gasteiger partial charge is 0.493 e. The Morgan fingerprint density at radius 2 is 1.65 bits per heavy atom. The number of methoxy groups -OCH3 is 2. The first kappa shape index (κ1) is 16.1. The second kappa shape index (κ2) is 6.40. The molecule has 5 nitrogen and oxygen atoms in total. The molecule has 124 valence electrons. The van der Waals surface area contributed by atoms with Crippen LogP contribution >= 0.6 is 11.6 Å². The summed E-state index contributed by atoms with van der Waals surface area (Å²) in [6, 6.07) is 3.78. The summed E-state index contributed by atoms with van der Waals surface area (Å²) < 4.78 is 10.8. The van der Waals surface area contributed by atoms with Gasteiger partial charge in [-0.15, -0.1) is 0 Å². The summed E-state index contributed by atoms with van der Waals surface area (Å²) in [5, 5.41) is 1.19. The molecule has 6 heteroatoms. The minimum absolute atomic E-state index is 0.255. The fourth-order valence-corrected chi connectivity index (χ4v) is 3.66. The third kappa shape index (κ3) is 3.15. The highest BCUT2D eigenvalue weighted by atomic mass is 35.5. The van der Waals surface area contributed by atoms with Crippen molar-refractivity contribution in [2.45, 2.75) is 20.3 Å². The van der Waals surface area contributed by atoms with Gasteiger partial charge in [0.1, 0.15) is 5.82 Å². The van der Waals surface area contributed by atoms with Crippen LogP contribution in [0.5, 0.6) is 11.5 Å². The Morgan fingerprint density at radius 1 is 1.04 bits per heavy atom. The maximum Gasteiger partial charge on any atom is 0.224 e. The smallest absolute Gasteiger partial charge is 0.224 e. The van der Waals surface area contributed by atoms with Crippen molar-refractivity contribution in [3.8, 4) is 11.5 Å². The van der Waals surface area contributed by atoms with Crippen LogP contribution in [-0.2, 0) is 0 Å². The fourth-order valence-electron chi connectivity index (χ4n) is 3.49. The molecule has 1 fully saturated rings. The molecule has 0 aliphatic carbocycles. The Labute approximate surface area is 141 Å². The normalized spacial score (nSPS) is 21.5. The van der Waals surface area contributed by atoms with E-state index < -0.39 is 0 Å². The van der Waals surface area contributed by atoms with Crippen molar-refractivity contribution in [1.29, 1.82) is 0 Å². The molecule has 2 heterocycles. The Bertz CT molecular complexity index is 713. The van der Waals surface area contributed by atoms with Gasteiger partial charge in [0, 0.05) is 24.5 Å². The highest BCUT2D eigenvalue weighted by Gasteiger charge is 2.25. The minimum atomic E-state index is 0.255. The van der Waals surface area contributed by atoms with Crippen LogP contribution in [0.3, 0.4) is 0 Å². The lowest BCUT2D eigenvalue weighted by molar-refractivity contribution is 0.354. The predicted octanol–water partition coefficient (Wildman–Crippen LogP) is 3.78. The number of rotatable bonds is 3. The maximum absolute atomic E-state index is 6.16. The number of hydrogen-bond donors (Lipinski definition) is 0. The van der Waals surface area contributed by atoms with E-state index in [1.54, 1.807) is 14.2 Å². The average Bonchev–Trinajstić information content (AvgIpc) is 2.51. The van der Waals surface area contributed by atoms with Crippen molar-refractivity contribution in [3.63, 3.8) is 0 Å². The summed E-state index contributed by atoms with van der Waals surface area (Å²) in [6.07, 6.45) is 1.24. The van der Waals surface area contributed by atoms with Crippen molar-refractivity contribution in [2.75, 3.05) is 32.2 Å². The molecule has 1 aliphatic rings. The van der Waals surface area contributed by atoms with Crippen molar-refractivity contribution < 1.29 is 9.47 Å². The molecule has 2 atom stereocenters.